The molecule has 0 N–H and O–H groups in total. The van der Waals surface area contributed by atoms with Gasteiger partial charge in [-0.15, -0.1) is 0 Å². The van der Waals surface area contributed by atoms with Crippen LogP contribution in [0.5, 0.6) is 5.75 Å². The molecule has 2 nitrogen and oxygen atoms in total. The first-order valence-corrected chi connectivity index (χ1v) is 6.02. The maximum Gasteiger partial charge on any atom is 0.200 e. The fraction of sp³-hybridized carbons (Fsp3) is 0.214. The van der Waals surface area contributed by atoms with Crippen LogP contribution in [-0.2, 0) is 6.54 Å². The van der Waals surface area contributed by atoms with Gasteiger partial charge in [0.2, 0.25) is 0 Å². The zero-order valence-electron chi connectivity index (χ0n) is 11.0. The van der Waals surface area contributed by atoms with Crippen molar-refractivity contribution in [1.82, 2.24) is 0 Å². The Bertz CT molecular complexity index is 499. The molecule has 0 fully saturated rings. The van der Waals surface area contributed by atoms with Gasteiger partial charge in [0.15, 0.2) is 41.5 Å². The Morgan fingerprint density at radius 1 is 0.810 bits per heavy atom. The average Bonchev–Trinajstić information content (AvgIpc) is 2.51. The monoisotopic (exact) mass is 305 g/mol. The van der Waals surface area contributed by atoms with E-state index in [1.54, 1.807) is 0 Å². The number of aryl methyl sites for hydroxylation is 1. The first-order chi connectivity index (χ1) is 9.90. The van der Waals surface area contributed by atoms with E-state index in [4.69, 9.17) is 0 Å². The third kappa shape index (κ3) is 4.14. The third-order valence-corrected chi connectivity index (χ3v) is 2.43. The average molecular weight is 305 g/mol. The van der Waals surface area contributed by atoms with Gasteiger partial charge in [0, 0.05) is 18.6 Å². The number of hydrogen-bond donors (Lipinski definition) is 0. The maximum absolute atomic E-state index is 12.1. The van der Waals surface area contributed by atoms with Crippen molar-refractivity contribution in [2.45, 2.75) is 19.9 Å². The van der Waals surface area contributed by atoms with Crippen LogP contribution >= 0.6 is 0 Å². The van der Waals surface area contributed by atoms with E-state index in [0.717, 1.165) is 6.54 Å². The van der Waals surface area contributed by atoms with Gasteiger partial charge < -0.3 is 5.11 Å². The van der Waals surface area contributed by atoms with Crippen molar-refractivity contribution >= 4 is 0 Å². The number of aromatic nitrogens is 1. The molecule has 0 spiro atoms. The van der Waals surface area contributed by atoms with Crippen molar-refractivity contribution in [1.29, 1.82) is 0 Å². The molecule has 0 amide bonds. The summed E-state index contributed by atoms with van der Waals surface area (Å²) >= 11 is 0. The fourth-order valence-corrected chi connectivity index (χ4v) is 1.43. The lowest BCUT2D eigenvalue weighted by molar-refractivity contribution is -0.697. The molecule has 0 atom stereocenters. The summed E-state index contributed by atoms with van der Waals surface area (Å²) in [6.07, 6.45) is 5.38. The number of pyridine rings is 1. The van der Waals surface area contributed by atoms with E-state index in [9.17, 15) is 27.1 Å². The Morgan fingerprint density at radius 2 is 1.24 bits per heavy atom. The first-order valence-electron chi connectivity index (χ1n) is 6.02. The van der Waals surface area contributed by atoms with E-state index >= 15 is 0 Å². The van der Waals surface area contributed by atoms with Gasteiger partial charge in [-0.2, -0.15) is 0 Å². The fourth-order valence-electron chi connectivity index (χ4n) is 1.43. The summed E-state index contributed by atoms with van der Waals surface area (Å²) < 4.78 is 62.6. The van der Waals surface area contributed by atoms with Crippen molar-refractivity contribution in [3.63, 3.8) is 0 Å². The molecule has 1 heterocycles. The van der Waals surface area contributed by atoms with Crippen molar-refractivity contribution in [2.24, 2.45) is 0 Å². The van der Waals surface area contributed by atoms with E-state index in [1.807, 2.05) is 6.07 Å². The zero-order chi connectivity index (χ0) is 16.0. The Labute approximate surface area is 118 Å². The van der Waals surface area contributed by atoms with Gasteiger partial charge in [0.25, 0.3) is 0 Å². The summed E-state index contributed by atoms with van der Waals surface area (Å²) in [6.45, 7) is 3.31. The predicted octanol–water partition coefficient (Wildman–Crippen LogP) is 2.84. The normalized spacial score (nSPS) is 10.0. The number of hydrogen-bond acceptors (Lipinski definition) is 1. The highest BCUT2D eigenvalue weighted by Crippen LogP contribution is 2.25. The standard InChI is InChI=1S/C8H12N.C6HF5O/c1-2-6-9-7-4-3-5-8-9;7-1-2(8)4(10)6(12)5(11)3(1)9/h3-5,7-8H,2,6H2,1H3;12H/q+1;/p-1. The van der Waals surface area contributed by atoms with Crippen LogP contribution in [-0.4, -0.2) is 0 Å². The second kappa shape index (κ2) is 7.56. The molecule has 1 aromatic heterocycles. The summed E-state index contributed by atoms with van der Waals surface area (Å²) in [7, 11) is 0. The van der Waals surface area contributed by atoms with Gasteiger partial charge in [-0.1, -0.05) is 13.0 Å². The second-order valence-corrected chi connectivity index (χ2v) is 4.01. The minimum absolute atomic E-state index is 1.13. The lowest BCUT2D eigenvalue weighted by Gasteiger charge is -2.09. The smallest absolute Gasteiger partial charge is 0.200 e. The molecule has 0 bridgehead atoms. The van der Waals surface area contributed by atoms with E-state index in [-0.39, 0.29) is 0 Å². The molecule has 2 aromatic rings. The molecule has 21 heavy (non-hydrogen) atoms. The van der Waals surface area contributed by atoms with Gasteiger partial charge >= 0.3 is 0 Å². The molecule has 0 saturated heterocycles. The van der Waals surface area contributed by atoms with Crippen molar-refractivity contribution in [3.8, 4) is 5.75 Å². The molecule has 0 aliphatic carbocycles. The third-order valence-electron chi connectivity index (χ3n) is 2.43. The van der Waals surface area contributed by atoms with Crippen LogP contribution in [0.4, 0.5) is 22.0 Å². The summed E-state index contributed by atoms with van der Waals surface area (Å²) in [5.41, 5.74) is 0. The van der Waals surface area contributed by atoms with Crippen LogP contribution in [0.3, 0.4) is 0 Å². The number of rotatable bonds is 2. The van der Waals surface area contributed by atoms with Crippen LogP contribution in [0, 0.1) is 29.1 Å². The second-order valence-electron chi connectivity index (χ2n) is 4.01. The largest absolute Gasteiger partial charge is 0.868 e. The van der Waals surface area contributed by atoms with Gasteiger partial charge in [-0.3, -0.25) is 0 Å². The molecule has 0 unspecified atom stereocenters. The minimum atomic E-state index is -2.33. The highest BCUT2D eigenvalue weighted by atomic mass is 19.2. The summed E-state index contributed by atoms with van der Waals surface area (Å²) in [5.74, 6) is -13.6. The maximum atomic E-state index is 12.1. The van der Waals surface area contributed by atoms with E-state index in [0.29, 0.717) is 0 Å². The van der Waals surface area contributed by atoms with E-state index in [2.05, 4.69) is 36.0 Å². The van der Waals surface area contributed by atoms with Gasteiger partial charge in [-0.05, 0) is 5.75 Å². The predicted molar refractivity (Wildman–Crippen MR) is 62.6 cm³/mol. The van der Waals surface area contributed by atoms with Gasteiger partial charge in [-0.25, -0.2) is 26.5 Å². The van der Waals surface area contributed by atoms with Crippen molar-refractivity contribution < 1.29 is 31.6 Å². The molecular weight excluding hydrogens is 293 g/mol. The quantitative estimate of drug-likeness (QED) is 0.363. The van der Waals surface area contributed by atoms with Crippen LogP contribution in [0.15, 0.2) is 30.6 Å². The Hall–Kier alpha value is -2.18. The van der Waals surface area contributed by atoms with Crippen LogP contribution in [0.1, 0.15) is 13.3 Å². The van der Waals surface area contributed by atoms with Gasteiger partial charge in [0.05, 0.1) is 0 Å². The molecule has 0 aliphatic heterocycles. The molecule has 114 valence electrons. The van der Waals surface area contributed by atoms with E-state index < -0.39 is 34.8 Å². The Balaban J connectivity index is 0.000000219. The lowest BCUT2D eigenvalue weighted by Crippen LogP contribution is -2.31. The lowest BCUT2D eigenvalue weighted by atomic mass is 10.3. The SMILES string of the molecule is CCC[n+]1ccccc1.[O-]c1c(F)c(F)c(F)c(F)c1F. The number of nitrogens with zero attached hydrogens (tertiary/aromatic N) is 1. The molecular formula is C14H12F5NO. The van der Waals surface area contributed by atoms with Gasteiger partial charge in [0.1, 0.15) is 6.54 Å². The van der Waals surface area contributed by atoms with Crippen LogP contribution in [0.2, 0.25) is 0 Å². The Morgan fingerprint density at radius 3 is 1.67 bits per heavy atom. The minimum Gasteiger partial charge on any atom is -0.868 e. The topological polar surface area (TPSA) is 26.9 Å². The number of benzene rings is 1. The summed E-state index contributed by atoms with van der Waals surface area (Å²) in [4.78, 5) is 0. The molecule has 0 aliphatic rings. The van der Waals surface area contributed by atoms with Crippen LogP contribution in [0.25, 0.3) is 0 Å². The Kier molecular flexibility index (Phi) is 6.08. The molecule has 1 aromatic carbocycles. The molecule has 7 heteroatoms. The van der Waals surface area contributed by atoms with E-state index in [1.165, 1.54) is 6.42 Å². The molecule has 0 saturated carbocycles. The molecule has 0 radical (unpaired) electrons. The number of halogens is 5. The summed E-state index contributed by atoms with van der Waals surface area (Å²) in [6, 6.07) is 6.14. The summed E-state index contributed by atoms with van der Waals surface area (Å²) in [5, 5.41) is 10.2. The van der Waals surface area contributed by atoms with Crippen molar-refractivity contribution in [2.75, 3.05) is 0 Å². The van der Waals surface area contributed by atoms with Crippen molar-refractivity contribution in [3.05, 3.63) is 59.7 Å². The highest BCUT2D eigenvalue weighted by Gasteiger charge is 2.20. The zero-order valence-corrected chi connectivity index (χ0v) is 11.0. The first kappa shape index (κ1) is 16.9. The molecule has 2 rings (SSSR count). The van der Waals surface area contributed by atoms with Crippen LogP contribution < -0.4 is 9.67 Å². The highest BCUT2D eigenvalue weighted by molar-refractivity contribution is 5.26.